The third-order valence-corrected chi connectivity index (χ3v) is 4.29. The number of halogens is 1. The van der Waals surface area contributed by atoms with Crippen molar-refractivity contribution in [2.75, 3.05) is 27.2 Å². The van der Waals surface area contributed by atoms with Crippen LogP contribution in [0.1, 0.15) is 31.2 Å². The summed E-state index contributed by atoms with van der Waals surface area (Å²) in [5.74, 6) is -0.143. The van der Waals surface area contributed by atoms with Crippen LogP contribution in [-0.2, 0) is 10.2 Å². The number of carbonyl (C=O) groups is 1. The molecule has 3 nitrogen and oxygen atoms in total. The molecule has 0 aromatic heterocycles. The van der Waals surface area contributed by atoms with E-state index < -0.39 is 5.41 Å². The summed E-state index contributed by atoms with van der Waals surface area (Å²) < 4.78 is 13.5. The van der Waals surface area contributed by atoms with Crippen molar-refractivity contribution in [1.29, 1.82) is 0 Å². The lowest BCUT2D eigenvalue weighted by Crippen LogP contribution is -2.45. The van der Waals surface area contributed by atoms with Crippen molar-refractivity contribution < 1.29 is 9.18 Å². The third kappa shape index (κ3) is 2.85. The van der Waals surface area contributed by atoms with E-state index in [1.165, 1.54) is 12.1 Å². The van der Waals surface area contributed by atoms with Gasteiger partial charge in [-0.2, -0.15) is 0 Å². The normalized spacial score (nSPS) is 17.1. The largest absolute Gasteiger partial charge is 0.344 e. The molecule has 0 heterocycles. The molecule has 1 amide bonds. The molecule has 1 aliphatic carbocycles. The number of likely N-dealkylation sites (N-methyl/N-ethyl adjacent to an activating group) is 2. The molecule has 1 aliphatic rings. The monoisotopic (exact) mass is 278 g/mol. The minimum Gasteiger partial charge on any atom is -0.344 e. The van der Waals surface area contributed by atoms with Gasteiger partial charge in [-0.25, -0.2) is 4.39 Å². The molecule has 0 saturated heterocycles. The fourth-order valence-corrected chi connectivity index (χ4v) is 3.14. The molecule has 4 heteroatoms. The van der Waals surface area contributed by atoms with Gasteiger partial charge in [0.05, 0.1) is 5.41 Å². The van der Waals surface area contributed by atoms with Crippen LogP contribution in [0.5, 0.6) is 0 Å². The van der Waals surface area contributed by atoms with Gasteiger partial charge >= 0.3 is 0 Å². The van der Waals surface area contributed by atoms with Crippen LogP contribution in [0, 0.1) is 5.82 Å². The first-order chi connectivity index (χ1) is 9.60. The molecule has 0 atom stereocenters. The maximum atomic E-state index is 13.5. The lowest BCUT2D eigenvalue weighted by molar-refractivity contribution is -0.136. The molecular formula is C16H23FN2O. The molecule has 0 aliphatic heterocycles. The Morgan fingerprint density at radius 2 is 2.10 bits per heavy atom. The number of benzene rings is 1. The Kier molecular flexibility index (Phi) is 4.76. The molecule has 110 valence electrons. The first kappa shape index (κ1) is 15.0. The Hall–Kier alpha value is -1.42. The van der Waals surface area contributed by atoms with Crippen LogP contribution in [0.25, 0.3) is 0 Å². The van der Waals surface area contributed by atoms with Crippen LogP contribution in [-0.4, -0.2) is 38.0 Å². The minimum atomic E-state index is -0.523. The Labute approximate surface area is 120 Å². The average molecular weight is 278 g/mol. The highest BCUT2D eigenvalue weighted by Gasteiger charge is 2.44. The SMILES string of the molecule is CNCCN(C)C(=O)C1(c2cccc(F)c2)CCCC1. The molecule has 0 spiro atoms. The summed E-state index contributed by atoms with van der Waals surface area (Å²) in [5.41, 5.74) is 0.307. The van der Waals surface area contributed by atoms with Crippen molar-refractivity contribution >= 4 is 5.91 Å². The summed E-state index contributed by atoms with van der Waals surface area (Å²) in [6.07, 6.45) is 3.70. The fourth-order valence-electron chi connectivity index (χ4n) is 3.14. The van der Waals surface area contributed by atoms with Crippen molar-refractivity contribution in [2.24, 2.45) is 0 Å². The highest BCUT2D eigenvalue weighted by atomic mass is 19.1. The number of amides is 1. The molecule has 1 aromatic carbocycles. The third-order valence-electron chi connectivity index (χ3n) is 4.29. The van der Waals surface area contributed by atoms with E-state index in [0.717, 1.165) is 37.8 Å². The Morgan fingerprint density at radius 1 is 1.40 bits per heavy atom. The number of hydrogen-bond donors (Lipinski definition) is 1. The van der Waals surface area contributed by atoms with Gasteiger partial charge in [0.2, 0.25) is 5.91 Å². The second-order valence-electron chi connectivity index (χ2n) is 5.63. The first-order valence-electron chi connectivity index (χ1n) is 7.26. The van der Waals surface area contributed by atoms with Crippen molar-refractivity contribution in [3.63, 3.8) is 0 Å². The molecule has 1 fully saturated rings. The maximum Gasteiger partial charge on any atom is 0.233 e. The van der Waals surface area contributed by atoms with Crippen LogP contribution >= 0.6 is 0 Å². The van der Waals surface area contributed by atoms with Crippen molar-refractivity contribution in [3.05, 3.63) is 35.6 Å². The van der Waals surface area contributed by atoms with Crippen molar-refractivity contribution in [3.8, 4) is 0 Å². The molecule has 0 bridgehead atoms. The Bertz CT molecular complexity index is 469. The first-order valence-corrected chi connectivity index (χ1v) is 7.26. The number of carbonyl (C=O) groups excluding carboxylic acids is 1. The number of nitrogens with one attached hydrogen (secondary N) is 1. The minimum absolute atomic E-state index is 0.121. The van der Waals surface area contributed by atoms with Gasteiger partial charge in [0, 0.05) is 20.1 Å². The van der Waals surface area contributed by atoms with E-state index in [2.05, 4.69) is 5.32 Å². The molecule has 1 N–H and O–H groups in total. The van der Waals surface area contributed by atoms with Gasteiger partial charge in [0.25, 0.3) is 0 Å². The lowest BCUT2D eigenvalue weighted by atomic mass is 9.77. The molecular weight excluding hydrogens is 255 g/mol. The summed E-state index contributed by atoms with van der Waals surface area (Å²) in [4.78, 5) is 14.6. The molecule has 2 rings (SSSR count). The number of nitrogens with zero attached hydrogens (tertiary/aromatic N) is 1. The van der Waals surface area contributed by atoms with Crippen LogP contribution in [0.4, 0.5) is 4.39 Å². The second-order valence-corrected chi connectivity index (χ2v) is 5.63. The van der Waals surface area contributed by atoms with E-state index in [4.69, 9.17) is 0 Å². The van der Waals surface area contributed by atoms with Gasteiger partial charge in [-0.15, -0.1) is 0 Å². The Morgan fingerprint density at radius 3 is 2.70 bits per heavy atom. The fraction of sp³-hybridized carbons (Fsp3) is 0.562. The van der Waals surface area contributed by atoms with E-state index in [1.807, 2.05) is 20.2 Å². The topological polar surface area (TPSA) is 32.3 Å². The van der Waals surface area contributed by atoms with E-state index in [1.54, 1.807) is 11.0 Å². The standard InChI is InChI=1S/C16H23FN2O/c1-18-10-11-19(2)15(20)16(8-3-4-9-16)13-6-5-7-14(17)12-13/h5-7,12,18H,3-4,8-11H2,1-2H3. The summed E-state index contributed by atoms with van der Waals surface area (Å²) in [6, 6.07) is 6.54. The molecule has 0 unspecified atom stereocenters. The summed E-state index contributed by atoms with van der Waals surface area (Å²) in [5, 5.41) is 3.05. The summed E-state index contributed by atoms with van der Waals surface area (Å²) in [7, 11) is 3.70. The summed E-state index contributed by atoms with van der Waals surface area (Å²) in [6.45, 7) is 1.44. The molecule has 1 aromatic rings. The van der Waals surface area contributed by atoms with Gasteiger partial charge in [0.1, 0.15) is 5.82 Å². The maximum absolute atomic E-state index is 13.5. The van der Waals surface area contributed by atoms with Gasteiger partial charge < -0.3 is 10.2 Å². The van der Waals surface area contributed by atoms with E-state index in [-0.39, 0.29) is 11.7 Å². The van der Waals surface area contributed by atoms with Gasteiger partial charge in [-0.3, -0.25) is 4.79 Å². The molecule has 0 radical (unpaired) electrons. The average Bonchev–Trinajstić information content (AvgIpc) is 2.94. The van der Waals surface area contributed by atoms with Crippen LogP contribution in [0.15, 0.2) is 24.3 Å². The molecule has 20 heavy (non-hydrogen) atoms. The van der Waals surface area contributed by atoms with Crippen molar-refractivity contribution in [1.82, 2.24) is 10.2 Å². The number of rotatable bonds is 5. The van der Waals surface area contributed by atoms with E-state index in [9.17, 15) is 9.18 Å². The smallest absolute Gasteiger partial charge is 0.233 e. The highest BCUT2D eigenvalue weighted by molar-refractivity contribution is 5.88. The summed E-state index contributed by atoms with van der Waals surface area (Å²) >= 11 is 0. The quantitative estimate of drug-likeness (QED) is 0.896. The zero-order valence-electron chi connectivity index (χ0n) is 12.3. The Balaban J connectivity index is 2.28. The van der Waals surface area contributed by atoms with Gasteiger partial charge in [-0.1, -0.05) is 25.0 Å². The van der Waals surface area contributed by atoms with Gasteiger partial charge in [-0.05, 0) is 37.6 Å². The zero-order chi connectivity index (χ0) is 14.6. The van der Waals surface area contributed by atoms with Gasteiger partial charge in [0.15, 0.2) is 0 Å². The predicted octanol–water partition coefficient (Wildman–Crippen LogP) is 2.32. The predicted molar refractivity (Wildman–Crippen MR) is 78.1 cm³/mol. The second kappa shape index (κ2) is 6.35. The van der Waals surface area contributed by atoms with E-state index >= 15 is 0 Å². The molecule has 1 saturated carbocycles. The van der Waals surface area contributed by atoms with Crippen LogP contribution < -0.4 is 5.32 Å². The van der Waals surface area contributed by atoms with Crippen LogP contribution in [0.3, 0.4) is 0 Å². The van der Waals surface area contributed by atoms with Crippen LogP contribution in [0.2, 0.25) is 0 Å². The zero-order valence-corrected chi connectivity index (χ0v) is 12.3. The lowest BCUT2D eigenvalue weighted by Gasteiger charge is -2.33. The highest BCUT2D eigenvalue weighted by Crippen LogP contribution is 2.42. The number of hydrogen-bond acceptors (Lipinski definition) is 2. The van der Waals surface area contributed by atoms with E-state index in [0.29, 0.717) is 6.54 Å². The van der Waals surface area contributed by atoms with Crippen molar-refractivity contribution in [2.45, 2.75) is 31.1 Å².